The fourth-order valence-electron chi connectivity index (χ4n) is 1.32. The lowest BCUT2D eigenvalue weighted by Crippen LogP contribution is -2.32. The number of carbonyl (C=O) groups is 1. The van der Waals surface area contributed by atoms with E-state index in [1.807, 2.05) is 39.0 Å². The SMILES string of the molecule is CC(C)(C)OC(=O)CC/C(=N/N)NN.Cc1ccccc1. The Hall–Kier alpha value is -2.08. The monoisotopic (exact) mass is 294 g/mol. The summed E-state index contributed by atoms with van der Waals surface area (Å²) in [4.78, 5) is 11.2. The molecule has 6 heteroatoms. The molecule has 1 aromatic carbocycles. The minimum atomic E-state index is -0.465. The van der Waals surface area contributed by atoms with Gasteiger partial charge >= 0.3 is 5.97 Å². The molecule has 1 aromatic rings. The molecule has 0 bridgehead atoms. The normalized spacial score (nSPS) is 11.2. The first kappa shape index (κ1) is 18.9. The average Bonchev–Trinajstić information content (AvgIpc) is 2.39. The third-order valence-corrected chi connectivity index (χ3v) is 2.25. The Kier molecular flexibility index (Phi) is 8.80. The van der Waals surface area contributed by atoms with E-state index in [1.165, 1.54) is 5.56 Å². The second kappa shape index (κ2) is 9.77. The molecule has 0 radical (unpaired) electrons. The van der Waals surface area contributed by atoms with Crippen LogP contribution in [-0.4, -0.2) is 17.4 Å². The second-order valence-electron chi connectivity index (χ2n) is 5.46. The number of esters is 1. The van der Waals surface area contributed by atoms with Gasteiger partial charge in [0.05, 0.1) is 6.42 Å². The molecule has 0 heterocycles. The molecule has 0 atom stereocenters. The van der Waals surface area contributed by atoms with Crippen molar-refractivity contribution in [2.24, 2.45) is 16.8 Å². The molecule has 0 fully saturated rings. The van der Waals surface area contributed by atoms with Gasteiger partial charge in [0.15, 0.2) is 0 Å². The number of hydrogen-bond donors (Lipinski definition) is 3. The molecule has 0 aliphatic heterocycles. The number of hydrazine groups is 1. The van der Waals surface area contributed by atoms with Crippen LogP contribution in [0.4, 0.5) is 0 Å². The Morgan fingerprint density at radius 3 is 2.14 bits per heavy atom. The zero-order chi connectivity index (χ0) is 16.3. The van der Waals surface area contributed by atoms with E-state index in [4.69, 9.17) is 16.4 Å². The van der Waals surface area contributed by atoms with Gasteiger partial charge in [-0.05, 0) is 27.7 Å². The van der Waals surface area contributed by atoms with E-state index >= 15 is 0 Å². The molecule has 0 unspecified atom stereocenters. The summed E-state index contributed by atoms with van der Waals surface area (Å²) in [5.41, 5.74) is 3.14. The highest BCUT2D eigenvalue weighted by molar-refractivity contribution is 5.85. The minimum Gasteiger partial charge on any atom is -0.460 e. The number of ether oxygens (including phenoxy) is 1. The number of amidine groups is 1. The van der Waals surface area contributed by atoms with Crippen molar-refractivity contribution in [3.8, 4) is 0 Å². The standard InChI is InChI=1S/C8H18N4O2.C7H8/c1-8(2,3)14-7(13)5-4-6(11-9)12-10;1-7-5-3-2-4-6-7/h4-5,9-10H2,1-3H3,(H,11,12);2-6H,1H3. The van der Waals surface area contributed by atoms with Gasteiger partial charge in [0, 0.05) is 6.42 Å². The van der Waals surface area contributed by atoms with E-state index in [9.17, 15) is 4.79 Å². The molecule has 0 amide bonds. The summed E-state index contributed by atoms with van der Waals surface area (Å²) in [6.07, 6.45) is 0.555. The van der Waals surface area contributed by atoms with Crippen LogP contribution in [0, 0.1) is 6.92 Å². The number of carbonyl (C=O) groups excluding carboxylic acids is 1. The van der Waals surface area contributed by atoms with E-state index in [2.05, 4.69) is 29.6 Å². The first-order valence-electron chi connectivity index (χ1n) is 6.75. The summed E-state index contributed by atoms with van der Waals surface area (Å²) in [6, 6.07) is 10.3. The largest absolute Gasteiger partial charge is 0.460 e. The van der Waals surface area contributed by atoms with Crippen molar-refractivity contribution in [3.05, 3.63) is 35.9 Å². The Bertz CT molecular complexity index is 439. The lowest BCUT2D eigenvalue weighted by Gasteiger charge is -2.19. The summed E-state index contributed by atoms with van der Waals surface area (Å²) in [5.74, 6) is 10.1. The summed E-state index contributed by atoms with van der Waals surface area (Å²) in [7, 11) is 0. The van der Waals surface area contributed by atoms with Crippen molar-refractivity contribution < 1.29 is 9.53 Å². The number of nitrogens with two attached hydrogens (primary N) is 2. The number of rotatable bonds is 3. The molecule has 0 saturated carbocycles. The molecule has 0 spiro atoms. The molecule has 0 saturated heterocycles. The predicted molar refractivity (Wildman–Crippen MR) is 85.2 cm³/mol. The fourth-order valence-corrected chi connectivity index (χ4v) is 1.32. The van der Waals surface area contributed by atoms with Crippen LogP contribution in [0.5, 0.6) is 0 Å². The zero-order valence-electron chi connectivity index (χ0n) is 13.2. The fraction of sp³-hybridized carbons (Fsp3) is 0.467. The number of aryl methyl sites for hydroxylation is 1. The van der Waals surface area contributed by atoms with Crippen LogP contribution in [0.2, 0.25) is 0 Å². The van der Waals surface area contributed by atoms with Crippen LogP contribution in [0.25, 0.3) is 0 Å². The Balaban J connectivity index is 0.000000471. The first-order valence-corrected chi connectivity index (χ1v) is 6.75. The summed E-state index contributed by atoms with van der Waals surface area (Å²) < 4.78 is 5.07. The van der Waals surface area contributed by atoms with Gasteiger partial charge in [-0.1, -0.05) is 35.9 Å². The smallest absolute Gasteiger partial charge is 0.306 e. The van der Waals surface area contributed by atoms with Gasteiger partial charge in [0.25, 0.3) is 0 Å². The Morgan fingerprint density at radius 2 is 1.81 bits per heavy atom. The van der Waals surface area contributed by atoms with Gasteiger partial charge in [0.2, 0.25) is 0 Å². The quantitative estimate of drug-likeness (QED) is 0.259. The molecule has 0 aromatic heterocycles. The number of hydrazone groups is 1. The molecule has 118 valence electrons. The first-order chi connectivity index (χ1) is 9.78. The molecule has 1 rings (SSSR count). The number of benzene rings is 1. The predicted octanol–water partition coefficient (Wildman–Crippen LogP) is 1.84. The highest BCUT2D eigenvalue weighted by Gasteiger charge is 2.16. The third kappa shape index (κ3) is 11.4. The van der Waals surface area contributed by atoms with E-state index in [0.29, 0.717) is 12.3 Å². The third-order valence-electron chi connectivity index (χ3n) is 2.25. The molecule has 0 aliphatic carbocycles. The van der Waals surface area contributed by atoms with E-state index in [-0.39, 0.29) is 12.4 Å². The van der Waals surface area contributed by atoms with Crippen molar-refractivity contribution in [3.63, 3.8) is 0 Å². The van der Waals surface area contributed by atoms with Crippen LogP contribution in [0.15, 0.2) is 35.4 Å². The Labute approximate surface area is 126 Å². The van der Waals surface area contributed by atoms with Crippen LogP contribution >= 0.6 is 0 Å². The lowest BCUT2D eigenvalue weighted by atomic mass is 10.2. The van der Waals surface area contributed by atoms with Crippen molar-refractivity contribution >= 4 is 11.8 Å². The number of nitrogens with one attached hydrogen (secondary N) is 1. The van der Waals surface area contributed by atoms with Gasteiger partial charge in [0.1, 0.15) is 11.4 Å². The Morgan fingerprint density at radius 1 is 1.24 bits per heavy atom. The maximum absolute atomic E-state index is 11.2. The van der Waals surface area contributed by atoms with Crippen LogP contribution < -0.4 is 17.1 Å². The molecular weight excluding hydrogens is 268 g/mol. The summed E-state index contributed by atoms with van der Waals surface area (Å²) in [5, 5.41) is 3.35. The molecule has 21 heavy (non-hydrogen) atoms. The summed E-state index contributed by atoms with van der Waals surface area (Å²) in [6.45, 7) is 7.51. The van der Waals surface area contributed by atoms with Gasteiger partial charge in [-0.15, -0.1) is 0 Å². The van der Waals surface area contributed by atoms with Crippen LogP contribution in [-0.2, 0) is 9.53 Å². The lowest BCUT2D eigenvalue weighted by molar-refractivity contribution is -0.154. The maximum Gasteiger partial charge on any atom is 0.306 e. The highest BCUT2D eigenvalue weighted by Crippen LogP contribution is 2.08. The van der Waals surface area contributed by atoms with Crippen molar-refractivity contribution in [1.29, 1.82) is 0 Å². The van der Waals surface area contributed by atoms with Gasteiger partial charge in [-0.25, -0.2) is 5.84 Å². The van der Waals surface area contributed by atoms with Gasteiger partial charge in [-0.2, -0.15) is 5.10 Å². The van der Waals surface area contributed by atoms with Crippen molar-refractivity contribution in [2.75, 3.05) is 0 Å². The topological polar surface area (TPSA) is 103 Å². The highest BCUT2D eigenvalue weighted by atomic mass is 16.6. The van der Waals surface area contributed by atoms with Gasteiger partial charge < -0.3 is 16.0 Å². The molecule has 6 nitrogen and oxygen atoms in total. The van der Waals surface area contributed by atoms with E-state index in [0.717, 1.165) is 0 Å². The maximum atomic E-state index is 11.2. The van der Waals surface area contributed by atoms with E-state index in [1.54, 1.807) is 0 Å². The zero-order valence-corrected chi connectivity index (χ0v) is 13.2. The van der Waals surface area contributed by atoms with Crippen molar-refractivity contribution in [2.45, 2.75) is 46.1 Å². The van der Waals surface area contributed by atoms with Crippen LogP contribution in [0.1, 0.15) is 39.2 Å². The molecular formula is C15H26N4O2. The number of nitrogens with zero attached hydrogens (tertiary/aromatic N) is 1. The molecule has 0 aliphatic rings. The second-order valence-corrected chi connectivity index (χ2v) is 5.46. The minimum absolute atomic E-state index is 0.206. The van der Waals surface area contributed by atoms with Crippen molar-refractivity contribution in [1.82, 2.24) is 5.43 Å². The van der Waals surface area contributed by atoms with Crippen LogP contribution in [0.3, 0.4) is 0 Å². The number of hydrogen-bond acceptors (Lipinski definition) is 5. The van der Waals surface area contributed by atoms with Gasteiger partial charge in [-0.3, -0.25) is 4.79 Å². The molecule has 5 N–H and O–H groups in total. The average molecular weight is 294 g/mol. The van der Waals surface area contributed by atoms with E-state index < -0.39 is 5.60 Å². The summed E-state index contributed by atoms with van der Waals surface area (Å²) >= 11 is 0.